The van der Waals surface area contributed by atoms with Gasteiger partial charge in [0.15, 0.2) is 33.7 Å². The Labute approximate surface area is 194 Å². The number of nitrogens with zero attached hydrogens (tertiary/aromatic N) is 4. The second kappa shape index (κ2) is 9.46. The molecule has 1 unspecified atom stereocenters. The van der Waals surface area contributed by atoms with Crippen LogP contribution in [0.3, 0.4) is 0 Å². The van der Waals surface area contributed by atoms with Crippen LogP contribution in [0.15, 0.2) is 77.8 Å². The van der Waals surface area contributed by atoms with Gasteiger partial charge in [0.05, 0.1) is 5.69 Å². The van der Waals surface area contributed by atoms with Crippen molar-refractivity contribution in [2.45, 2.75) is 23.6 Å². The van der Waals surface area contributed by atoms with E-state index in [1.165, 1.54) is 0 Å². The average molecular weight is 464 g/mol. The third kappa shape index (κ3) is 4.49. The largest absolute Gasteiger partial charge is 0.485 e. The SMILES string of the molecule is C=CCn1c(SCc2csc(Nc3ccccc3)n2)nnc1C1COc2ccccc2O1. The molecule has 2 aromatic heterocycles. The maximum absolute atomic E-state index is 6.13. The number of rotatable bonds is 8. The lowest BCUT2D eigenvalue weighted by molar-refractivity contribution is 0.0821. The van der Waals surface area contributed by atoms with Crippen LogP contribution in [0.2, 0.25) is 0 Å². The van der Waals surface area contributed by atoms with Crippen LogP contribution in [0.1, 0.15) is 17.6 Å². The highest BCUT2D eigenvalue weighted by molar-refractivity contribution is 7.98. The lowest BCUT2D eigenvalue weighted by Crippen LogP contribution is -2.25. The highest BCUT2D eigenvalue weighted by atomic mass is 32.2. The quantitative estimate of drug-likeness (QED) is 0.274. The van der Waals surface area contributed by atoms with Gasteiger partial charge in [0.2, 0.25) is 0 Å². The molecule has 0 spiro atoms. The monoisotopic (exact) mass is 463 g/mol. The fourth-order valence-electron chi connectivity index (χ4n) is 3.31. The van der Waals surface area contributed by atoms with Gasteiger partial charge in [0.25, 0.3) is 0 Å². The van der Waals surface area contributed by atoms with E-state index in [1.54, 1.807) is 23.1 Å². The van der Waals surface area contributed by atoms with E-state index in [4.69, 9.17) is 9.47 Å². The number of fused-ring (bicyclic) bond motifs is 1. The summed E-state index contributed by atoms with van der Waals surface area (Å²) in [6, 6.07) is 17.7. The lowest BCUT2D eigenvalue weighted by Gasteiger charge is -2.26. The first-order valence-corrected chi connectivity index (χ1v) is 12.0. The van der Waals surface area contributed by atoms with Gasteiger partial charge >= 0.3 is 0 Å². The molecule has 2 aromatic carbocycles. The van der Waals surface area contributed by atoms with Gasteiger partial charge in [-0.15, -0.1) is 28.1 Å². The molecule has 0 saturated carbocycles. The second-order valence-electron chi connectivity index (χ2n) is 7.03. The molecule has 0 fully saturated rings. The van der Waals surface area contributed by atoms with Crippen LogP contribution in [-0.4, -0.2) is 26.4 Å². The van der Waals surface area contributed by atoms with Crippen LogP contribution in [0.25, 0.3) is 0 Å². The van der Waals surface area contributed by atoms with E-state index in [9.17, 15) is 0 Å². The standard InChI is InChI=1S/C23H21N5O2S2/c1-2-12-28-21(20-13-29-18-10-6-7-11-19(18)30-20)26-27-23(28)32-15-17-14-31-22(25-17)24-16-8-4-3-5-9-16/h2-11,14,20H,1,12-13,15H2,(H,24,25). The van der Waals surface area contributed by atoms with Crippen molar-refractivity contribution in [3.05, 3.63) is 84.2 Å². The highest BCUT2D eigenvalue weighted by Gasteiger charge is 2.28. The van der Waals surface area contributed by atoms with Gasteiger partial charge in [-0.25, -0.2) is 4.98 Å². The average Bonchev–Trinajstić information content (AvgIpc) is 3.45. The van der Waals surface area contributed by atoms with Crippen molar-refractivity contribution >= 4 is 33.9 Å². The number of aromatic nitrogens is 4. The summed E-state index contributed by atoms with van der Waals surface area (Å²) in [6.45, 7) is 4.86. The van der Waals surface area contributed by atoms with Crippen molar-refractivity contribution in [1.29, 1.82) is 0 Å². The van der Waals surface area contributed by atoms with E-state index < -0.39 is 0 Å². The predicted molar refractivity (Wildman–Crippen MR) is 127 cm³/mol. The number of hydrogen-bond acceptors (Lipinski definition) is 8. The van der Waals surface area contributed by atoms with Crippen molar-refractivity contribution in [3.8, 4) is 11.5 Å². The van der Waals surface area contributed by atoms with Crippen molar-refractivity contribution < 1.29 is 9.47 Å². The number of para-hydroxylation sites is 3. The summed E-state index contributed by atoms with van der Waals surface area (Å²) in [7, 11) is 0. The van der Waals surface area contributed by atoms with E-state index in [-0.39, 0.29) is 6.10 Å². The Balaban J connectivity index is 1.28. The number of thioether (sulfide) groups is 1. The van der Waals surface area contributed by atoms with Crippen LogP contribution in [0, 0.1) is 0 Å². The van der Waals surface area contributed by atoms with Crippen molar-refractivity contribution in [2.75, 3.05) is 11.9 Å². The van der Waals surface area contributed by atoms with E-state index in [1.807, 2.05) is 65.2 Å². The normalized spacial score (nSPS) is 14.8. The Morgan fingerprint density at radius 3 is 2.78 bits per heavy atom. The lowest BCUT2D eigenvalue weighted by atomic mass is 10.2. The zero-order valence-electron chi connectivity index (χ0n) is 17.2. The molecule has 0 aliphatic carbocycles. The van der Waals surface area contributed by atoms with Crippen LogP contribution in [0.4, 0.5) is 10.8 Å². The van der Waals surface area contributed by atoms with Crippen LogP contribution < -0.4 is 14.8 Å². The Kier molecular flexibility index (Phi) is 6.09. The molecule has 9 heteroatoms. The molecule has 162 valence electrons. The van der Waals surface area contributed by atoms with E-state index in [0.29, 0.717) is 24.7 Å². The Morgan fingerprint density at radius 2 is 1.94 bits per heavy atom. The molecule has 0 amide bonds. The number of hydrogen-bond donors (Lipinski definition) is 1. The fraction of sp³-hybridized carbons (Fsp3) is 0.174. The maximum Gasteiger partial charge on any atom is 0.192 e. The summed E-state index contributed by atoms with van der Waals surface area (Å²) >= 11 is 3.18. The minimum absolute atomic E-state index is 0.326. The summed E-state index contributed by atoms with van der Waals surface area (Å²) in [5.74, 6) is 2.88. The molecular formula is C23H21N5O2S2. The van der Waals surface area contributed by atoms with Crippen molar-refractivity contribution in [1.82, 2.24) is 19.7 Å². The van der Waals surface area contributed by atoms with Gasteiger partial charge in [0.1, 0.15) is 6.61 Å². The molecule has 5 rings (SSSR count). The van der Waals surface area contributed by atoms with Gasteiger partial charge in [-0.1, -0.05) is 48.2 Å². The molecule has 4 aromatic rings. The molecule has 1 aliphatic heterocycles. The fourth-order valence-corrected chi connectivity index (χ4v) is 4.99. The first-order chi connectivity index (χ1) is 15.8. The van der Waals surface area contributed by atoms with Crippen molar-refractivity contribution in [3.63, 3.8) is 0 Å². The second-order valence-corrected chi connectivity index (χ2v) is 8.83. The summed E-state index contributed by atoms with van der Waals surface area (Å²) in [6.07, 6.45) is 1.51. The van der Waals surface area contributed by atoms with Gasteiger partial charge < -0.3 is 14.8 Å². The molecule has 0 radical (unpaired) electrons. The summed E-state index contributed by atoms with van der Waals surface area (Å²) in [5, 5.41) is 15.9. The zero-order chi connectivity index (χ0) is 21.8. The third-order valence-corrected chi connectivity index (χ3v) is 6.59. The van der Waals surface area contributed by atoms with Gasteiger partial charge in [-0.2, -0.15) is 0 Å². The molecule has 7 nitrogen and oxygen atoms in total. The van der Waals surface area contributed by atoms with Crippen LogP contribution >= 0.6 is 23.1 Å². The molecule has 0 bridgehead atoms. The first-order valence-electron chi connectivity index (χ1n) is 10.1. The van der Waals surface area contributed by atoms with E-state index in [0.717, 1.165) is 33.2 Å². The Bertz CT molecular complexity index is 1210. The topological polar surface area (TPSA) is 74.1 Å². The summed E-state index contributed by atoms with van der Waals surface area (Å²) < 4.78 is 14.0. The number of allylic oxidation sites excluding steroid dienone is 1. The minimum Gasteiger partial charge on any atom is -0.485 e. The van der Waals surface area contributed by atoms with Crippen molar-refractivity contribution in [2.24, 2.45) is 0 Å². The zero-order valence-corrected chi connectivity index (χ0v) is 18.8. The molecule has 3 heterocycles. The van der Waals surface area contributed by atoms with Crippen LogP contribution in [0.5, 0.6) is 11.5 Å². The molecule has 32 heavy (non-hydrogen) atoms. The first kappa shape index (κ1) is 20.6. The molecular weight excluding hydrogens is 442 g/mol. The molecule has 0 saturated heterocycles. The predicted octanol–water partition coefficient (Wildman–Crippen LogP) is 5.47. The number of nitrogens with one attached hydrogen (secondary N) is 1. The van der Waals surface area contributed by atoms with Gasteiger partial charge in [-0.3, -0.25) is 4.57 Å². The van der Waals surface area contributed by atoms with E-state index in [2.05, 4.69) is 32.5 Å². The summed E-state index contributed by atoms with van der Waals surface area (Å²) in [4.78, 5) is 4.68. The Hall–Kier alpha value is -3.30. The van der Waals surface area contributed by atoms with E-state index >= 15 is 0 Å². The third-order valence-electron chi connectivity index (χ3n) is 4.78. The number of benzene rings is 2. The Morgan fingerprint density at radius 1 is 1.12 bits per heavy atom. The summed E-state index contributed by atoms with van der Waals surface area (Å²) in [5.41, 5.74) is 2.01. The van der Waals surface area contributed by atoms with Gasteiger partial charge in [0, 0.05) is 23.4 Å². The van der Waals surface area contributed by atoms with Crippen LogP contribution in [-0.2, 0) is 12.3 Å². The molecule has 1 aliphatic rings. The molecule has 1 N–H and O–H groups in total. The smallest absolute Gasteiger partial charge is 0.192 e. The minimum atomic E-state index is -0.326. The maximum atomic E-state index is 6.13. The number of thiazole rings is 1. The molecule has 1 atom stereocenters. The highest BCUT2D eigenvalue weighted by Crippen LogP contribution is 2.36. The number of ether oxygens (including phenoxy) is 2. The number of anilines is 2. The van der Waals surface area contributed by atoms with Gasteiger partial charge in [-0.05, 0) is 24.3 Å².